The van der Waals surface area contributed by atoms with Gasteiger partial charge in [0.1, 0.15) is 17.3 Å². The molecule has 3 N–H and O–H groups in total. The van der Waals surface area contributed by atoms with Gasteiger partial charge in [-0.3, -0.25) is 0 Å². The van der Waals surface area contributed by atoms with E-state index in [0.717, 1.165) is 57.9 Å². The summed E-state index contributed by atoms with van der Waals surface area (Å²) in [6.07, 6.45) is 3.58. The molecule has 194 valence electrons. The van der Waals surface area contributed by atoms with Crippen molar-refractivity contribution in [3.8, 4) is 11.5 Å². The number of rotatable bonds is 9. The molecule has 5 nitrogen and oxygen atoms in total. The van der Waals surface area contributed by atoms with E-state index in [9.17, 15) is 15.3 Å². The SMILES string of the molecule is C=C(c1ccc(N(C)c2ccc(O)cc2)cc1)c1cc(C(O)=CCCC)cc(N(C)c2ccc(O)cc2)c1. The van der Waals surface area contributed by atoms with E-state index in [1.54, 1.807) is 24.3 Å². The molecule has 0 atom stereocenters. The highest BCUT2D eigenvalue weighted by Gasteiger charge is 2.13. The molecule has 0 saturated carbocycles. The van der Waals surface area contributed by atoms with Crippen LogP contribution in [0.4, 0.5) is 22.7 Å². The zero-order valence-electron chi connectivity index (χ0n) is 22.1. The van der Waals surface area contributed by atoms with Gasteiger partial charge in [-0.15, -0.1) is 0 Å². The van der Waals surface area contributed by atoms with Crippen LogP contribution in [0.2, 0.25) is 0 Å². The molecule has 0 amide bonds. The number of anilines is 4. The van der Waals surface area contributed by atoms with E-state index in [1.807, 2.05) is 90.6 Å². The molecule has 0 aliphatic heterocycles. The van der Waals surface area contributed by atoms with Crippen LogP contribution in [0.1, 0.15) is 36.5 Å². The number of hydrogen-bond donors (Lipinski definition) is 3. The van der Waals surface area contributed by atoms with Gasteiger partial charge in [0.15, 0.2) is 0 Å². The second-order valence-corrected chi connectivity index (χ2v) is 9.32. The highest BCUT2D eigenvalue weighted by molar-refractivity contribution is 5.83. The van der Waals surface area contributed by atoms with E-state index in [0.29, 0.717) is 0 Å². The minimum atomic E-state index is 0.213. The fourth-order valence-electron chi connectivity index (χ4n) is 4.23. The average molecular weight is 507 g/mol. The molecule has 38 heavy (non-hydrogen) atoms. The Bertz CT molecular complexity index is 1420. The van der Waals surface area contributed by atoms with Gasteiger partial charge in [-0.2, -0.15) is 0 Å². The lowest BCUT2D eigenvalue weighted by atomic mass is 9.96. The van der Waals surface area contributed by atoms with E-state index in [2.05, 4.69) is 19.6 Å². The number of aliphatic hydroxyl groups excluding tert-OH is 1. The summed E-state index contributed by atoms with van der Waals surface area (Å²) >= 11 is 0. The Hall–Kier alpha value is -4.64. The topological polar surface area (TPSA) is 67.2 Å². The lowest BCUT2D eigenvalue weighted by Crippen LogP contribution is -2.10. The molecule has 0 radical (unpaired) electrons. The number of aromatic hydroxyl groups is 2. The van der Waals surface area contributed by atoms with Crippen molar-refractivity contribution < 1.29 is 15.3 Å². The molecule has 0 aliphatic rings. The van der Waals surface area contributed by atoms with Crippen LogP contribution in [0, 0.1) is 0 Å². The second kappa shape index (κ2) is 11.6. The molecule has 0 heterocycles. The molecule has 0 fully saturated rings. The van der Waals surface area contributed by atoms with Crippen LogP contribution in [0.5, 0.6) is 11.5 Å². The van der Waals surface area contributed by atoms with Crippen molar-refractivity contribution in [2.24, 2.45) is 0 Å². The Kier molecular flexibility index (Phi) is 8.07. The largest absolute Gasteiger partial charge is 0.508 e. The second-order valence-electron chi connectivity index (χ2n) is 9.32. The van der Waals surface area contributed by atoms with Crippen molar-refractivity contribution in [2.75, 3.05) is 23.9 Å². The Morgan fingerprint density at radius 1 is 0.658 bits per heavy atom. The minimum Gasteiger partial charge on any atom is -0.508 e. The average Bonchev–Trinajstić information content (AvgIpc) is 2.95. The van der Waals surface area contributed by atoms with Gasteiger partial charge in [0.05, 0.1) is 0 Å². The fourth-order valence-corrected chi connectivity index (χ4v) is 4.23. The van der Waals surface area contributed by atoms with Crippen molar-refractivity contribution in [3.05, 3.63) is 120 Å². The predicted molar refractivity (Wildman–Crippen MR) is 159 cm³/mol. The first-order valence-corrected chi connectivity index (χ1v) is 12.7. The highest BCUT2D eigenvalue weighted by Crippen LogP contribution is 2.34. The Labute approximate surface area is 224 Å². The predicted octanol–water partition coefficient (Wildman–Crippen LogP) is 8.39. The molecule has 4 aromatic carbocycles. The molecule has 0 saturated heterocycles. The van der Waals surface area contributed by atoms with Crippen LogP contribution < -0.4 is 9.80 Å². The summed E-state index contributed by atoms with van der Waals surface area (Å²) in [5, 5.41) is 30.1. The van der Waals surface area contributed by atoms with Crippen LogP contribution in [-0.4, -0.2) is 29.4 Å². The third-order valence-corrected chi connectivity index (χ3v) is 6.65. The fraction of sp³-hybridized carbons (Fsp3) is 0.152. The molecular formula is C33H34N2O3. The zero-order chi connectivity index (χ0) is 27.2. The van der Waals surface area contributed by atoms with Gasteiger partial charge in [0.25, 0.3) is 0 Å². The maximum atomic E-state index is 10.8. The summed E-state index contributed by atoms with van der Waals surface area (Å²) in [6, 6.07) is 28.3. The first kappa shape index (κ1) is 26.4. The quantitative estimate of drug-likeness (QED) is 0.199. The maximum absolute atomic E-state index is 10.8. The van der Waals surface area contributed by atoms with Gasteiger partial charge in [-0.1, -0.05) is 32.1 Å². The van der Waals surface area contributed by atoms with Gasteiger partial charge in [0.2, 0.25) is 0 Å². The summed E-state index contributed by atoms with van der Waals surface area (Å²) in [5.74, 6) is 0.694. The van der Waals surface area contributed by atoms with E-state index in [-0.39, 0.29) is 17.3 Å². The number of phenols is 2. The first-order valence-electron chi connectivity index (χ1n) is 12.7. The molecule has 4 aromatic rings. The van der Waals surface area contributed by atoms with Gasteiger partial charge >= 0.3 is 0 Å². The standard InChI is InChI=1S/C33H34N2O3/c1-5-6-7-33(38)26-20-25(21-30(22-26)35(4)29-14-18-32(37)19-15-29)23(2)24-8-10-27(11-9-24)34(3)28-12-16-31(36)17-13-28/h7-22,36-38H,2,5-6H2,1,3-4H3. The number of allylic oxidation sites excluding steroid dienone is 1. The summed E-state index contributed by atoms with van der Waals surface area (Å²) < 4.78 is 0. The van der Waals surface area contributed by atoms with Crippen LogP contribution in [0.3, 0.4) is 0 Å². The van der Waals surface area contributed by atoms with E-state index in [4.69, 9.17) is 0 Å². The molecule has 0 aromatic heterocycles. The maximum Gasteiger partial charge on any atom is 0.118 e. The normalized spacial score (nSPS) is 11.3. The number of hydrogen-bond acceptors (Lipinski definition) is 5. The Morgan fingerprint density at radius 3 is 1.61 bits per heavy atom. The van der Waals surface area contributed by atoms with Crippen LogP contribution in [-0.2, 0) is 0 Å². The number of benzene rings is 4. The van der Waals surface area contributed by atoms with Crippen molar-refractivity contribution >= 4 is 34.1 Å². The molecule has 4 rings (SSSR count). The number of nitrogens with zero attached hydrogens (tertiary/aromatic N) is 2. The molecule has 0 unspecified atom stereocenters. The van der Waals surface area contributed by atoms with Gasteiger partial charge in [-0.05, 0) is 108 Å². The smallest absolute Gasteiger partial charge is 0.118 e. The van der Waals surface area contributed by atoms with Gasteiger partial charge < -0.3 is 25.1 Å². The van der Waals surface area contributed by atoms with Crippen molar-refractivity contribution in [1.29, 1.82) is 0 Å². The summed E-state index contributed by atoms with van der Waals surface area (Å²) in [4.78, 5) is 4.07. The molecule has 5 heteroatoms. The lowest BCUT2D eigenvalue weighted by Gasteiger charge is -2.22. The Balaban J connectivity index is 1.67. The zero-order valence-corrected chi connectivity index (χ0v) is 22.1. The third-order valence-electron chi connectivity index (χ3n) is 6.65. The van der Waals surface area contributed by atoms with E-state index >= 15 is 0 Å². The number of phenolic OH excluding ortho intramolecular Hbond substituents is 2. The van der Waals surface area contributed by atoms with E-state index < -0.39 is 0 Å². The van der Waals surface area contributed by atoms with Gasteiger partial charge in [0, 0.05) is 42.4 Å². The molecule has 0 aliphatic carbocycles. The monoisotopic (exact) mass is 506 g/mol. The molecule has 0 spiro atoms. The summed E-state index contributed by atoms with van der Waals surface area (Å²) in [7, 11) is 3.94. The highest BCUT2D eigenvalue weighted by atomic mass is 16.3. The van der Waals surface area contributed by atoms with Crippen LogP contribution in [0.25, 0.3) is 11.3 Å². The molecular weight excluding hydrogens is 472 g/mol. The van der Waals surface area contributed by atoms with Crippen molar-refractivity contribution in [2.45, 2.75) is 19.8 Å². The van der Waals surface area contributed by atoms with Crippen LogP contribution in [0.15, 0.2) is 104 Å². The van der Waals surface area contributed by atoms with E-state index in [1.165, 1.54) is 0 Å². The third kappa shape index (κ3) is 6.01. The lowest BCUT2D eigenvalue weighted by molar-refractivity contribution is 0.475. The molecule has 0 bridgehead atoms. The Morgan fingerprint density at radius 2 is 1.11 bits per heavy atom. The van der Waals surface area contributed by atoms with Crippen LogP contribution >= 0.6 is 0 Å². The summed E-state index contributed by atoms with van der Waals surface area (Å²) in [6.45, 7) is 6.47. The van der Waals surface area contributed by atoms with Crippen molar-refractivity contribution in [1.82, 2.24) is 0 Å². The number of unbranched alkanes of at least 4 members (excludes halogenated alkanes) is 1. The minimum absolute atomic E-state index is 0.213. The number of aliphatic hydroxyl groups is 1. The van der Waals surface area contributed by atoms with Gasteiger partial charge in [-0.25, -0.2) is 0 Å². The summed E-state index contributed by atoms with van der Waals surface area (Å²) in [5.41, 5.74) is 7.22. The van der Waals surface area contributed by atoms with Crippen molar-refractivity contribution in [3.63, 3.8) is 0 Å². The first-order chi connectivity index (χ1) is 18.3.